The highest BCUT2D eigenvalue weighted by Crippen LogP contribution is 2.24. The van der Waals surface area contributed by atoms with E-state index in [0.29, 0.717) is 30.4 Å². The van der Waals surface area contributed by atoms with Crippen LogP contribution in [-0.2, 0) is 0 Å². The number of aromatic nitrogens is 3. The largest absolute Gasteiger partial charge is 0.392 e. The van der Waals surface area contributed by atoms with Gasteiger partial charge in [0.15, 0.2) is 0 Å². The second kappa shape index (κ2) is 4.75. The van der Waals surface area contributed by atoms with Gasteiger partial charge < -0.3 is 14.9 Å². The Balaban J connectivity index is 1.83. The molecule has 0 saturated carbocycles. The van der Waals surface area contributed by atoms with Crippen LogP contribution in [0.2, 0.25) is 0 Å². The quantitative estimate of drug-likeness (QED) is 0.869. The SMILES string of the molecule is O[C@H]1CN[C@H](c2nc(-c3ccc(Br)cn3)no2)C1. The highest BCUT2D eigenvalue weighted by atomic mass is 79.9. The monoisotopic (exact) mass is 310 g/mol. The summed E-state index contributed by atoms with van der Waals surface area (Å²) < 4.78 is 6.09. The van der Waals surface area contributed by atoms with Crippen molar-refractivity contribution in [2.24, 2.45) is 0 Å². The van der Waals surface area contributed by atoms with Gasteiger partial charge in [-0.05, 0) is 34.5 Å². The second-order valence-electron chi connectivity index (χ2n) is 4.17. The number of hydrogen-bond acceptors (Lipinski definition) is 6. The van der Waals surface area contributed by atoms with E-state index >= 15 is 0 Å². The lowest BCUT2D eigenvalue weighted by Gasteiger charge is -2.01. The van der Waals surface area contributed by atoms with Crippen LogP contribution in [0.3, 0.4) is 0 Å². The maximum atomic E-state index is 9.45. The van der Waals surface area contributed by atoms with Crippen molar-refractivity contribution < 1.29 is 9.63 Å². The fraction of sp³-hybridized carbons (Fsp3) is 0.364. The molecule has 2 aromatic rings. The van der Waals surface area contributed by atoms with Crippen LogP contribution in [0.25, 0.3) is 11.5 Å². The summed E-state index contributed by atoms with van der Waals surface area (Å²) in [7, 11) is 0. The van der Waals surface area contributed by atoms with Crippen LogP contribution in [0, 0.1) is 0 Å². The summed E-state index contributed by atoms with van der Waals surface area (Å²) in [5.74, 6) is 0.951. The zero-order valence-corrected chi connectivity index (χ0v) is 11.0. The predicted octanol–water partition coefficient (Wildman–Crippen LogP) is 1.29. The van der Waals surface area contributed by atoms with Crippen LogP contribution < -0.4 is 5.32 Å². The summed E-state index contributed by atoms with van der Waals surface area (Å²) in [6, 6.07) is 3.61. The Bertz CT molecular complexity index is 542. The number of aliphatic hydroxyl groups excluding tert-OH is 1. The zero-order valence-electron chi connectivity index (χ0n) is 9.38. The van der Waals surface area contributed by atoms with Crippen molar-refractivity contribution in [3.63, 3.8) is 0 Å². The van der Waals surface area contributed by atoms with Gasteiger partial charge in [0.1, 0.15) is 5.69 Å². The van der Waals surface area contributed by atoms with Gasteiger partial charge in [0.2, 0.25) is 11.7 Å². The number of β-amino-alcohol motifs (C(OH)–C–C–N with tert-alkyl or cyclic N) is 1. The minimum Gasteiger partial charge on any atom is -0.392 e. The Kier molecular flexibility index (Phi) is 3.11. The molecule has 1 aliphatic rings. The van der Waals surface area contributed by atoms with Gasteiger partial charge in [-0.3, -0.25) is 4.98 Å². The number of pyridine rings is 1. The van der Waals surface area contributed by atoms with Crippen molar-refractivity contribution in [1.29, 1.82) is 0 Å². The molecule has 18 heavy (non-hydrogen) atoms. The fourth-order valence-electron chi connectivity index (χ4n) is 1.89. The van der Waals surface area contributed by atoms with Crippen molar-refractivity contribution in [3.8, 4) is 11.5 Å². The third kappa shape index (κ3) is 2.29. The van der Waals surface area contributed by atoms with Gasteiger partial charge in [0.05, 0.1) is 12.1 Å². The first-order chi connectivity index (χ1) is 8.72. The lowest BCUT2D eigenvalue weighted by atomic mass is 10.2. The number of halogens is 1. The highest BCUT2D eigenvalue weighted by Gasteiger charge is 2.28. The normalized spacial score (nSPS) is 23.4. The molecule has 2 atom stereocenters. The summed E-state index contributed by atoms with van der Waals surface area (Å²) in [5, 5.41) is 16.5. The van der Waals surface area contributed by atoms with Gasteiger partial charge in [-0.25, -0.2) is 0 Å². The summed E-state index contributed by atoms with van der Waals surface area (Å²) in [5.41, 5.74) is 0.659. The summed E-state index contributed by atoms with van der Waals surface area (Å²) in [6.45, 7) is 0.554. The van der Waals surface area contributed by atoms with Gasteiger partial charge in [-0.1, -0.05) is 5.16 Å². The van der Waals surface area contributed by atoms with Crippen LogP contribution >= 0.6 is 15.9 Å². The molecule has 0 bridgehead atoms. The molecule has 2 N–H and O–H groups in total. The van der Waals surface area contributed by atoms with Gasteiger partial charge in [-0.15, -0.1) is 0 Å². The molecule has 6 nitrogen and oxygen atoms in total. The second-order valence-corrected chi connectivity index (χ2v) is 5.08. The third-order valence-corrected chi connectivity index (χ3v) is 3.27. The molecule has 0 radical (unpaired) electrons. The molecule has 94 valence electrons. The van der Waals surface area contributed by atoms with E-state index in [9.17, 15) is 5.11 Å². The molecule has 0 aromatic carbocycles. The van der Waals surface area contributed by atoms with Crippen molar-refractivity contribution in [2.75, 3.05) is 6.54 Å². The standard InChI is InChI=1S/C11H11BrN4O2/c12-6-1-2-8(13-4-6)10-15-11(18-16-10)9-3-7(17)5-14-9/h1-2,4,7,9,14,17H,3,5H2/t7-,9+/m1/s1. The molecule has 2 aromatic heterocycles. The van der Waals surface area contributed by atoms with E-state index in [1.54, 1.807) is 6.20 Å². The first-order valence-electron chi connectivity index (χ1n) is 5.59. The minimum atomic E-state index is -0.351. The van der Waals surface area contributed by atoms with Crippen molar-refractivity contribution >= 4 is 15.9 Å². The van der Waals surface area contributed by atoms with Gasteiger partial charge in [0.25, 0.3) is 0 Å². The molecule has 0 spiro atoms. The number of nitrogens with zero attached hydrogens (tertiary/aromatic N) is 3. The van der Waals surface area contributed by atoms with Crippen LogP contribution in [0.15, 0.2) is 27.3 Å². The zero-order chi connectivity index (χ0) is 12.5. The first-order valence-corrected chi connectivity index (χ1v) is 6.38. The van der Waals surface area contributed by atoms with E-state index in [-0.39, 0.29) is 12.1 Å². The van der Waals surface area contributed by atoms with E-state index in [0.717, 1.165) is 4.47 Å². The lowest BCUT2D eigenvalue weighted by Crippen LogP contribution is -2.15. The average molecular weight is 311 g/mol. The van der Waals surface area contributed by atoms with Crippen LogP contribution in [0.5, 0.6) is 0 Å². The van der Waals surface area contributed by atoms with Crippen LogP contribution in [0.4, 0.5) is 0 Å². The van der Waals surface area contributed by atoms with Gasteiger partial charge in [-0.2, -0.15) is 4.98 Å². The van der Waals surface area contributed by atoms with E-state index < -0.39 is 0 Å². The molecule has 0 unspecified atom stereocenters. The maximum absolute atomic E-state index is 9.45. The number of hydrogen-bond donors (Lipinski definition) is 2. The molecular weight excluding hydrogens is 300 g/mol. The topological polar surface area (TPSA) is 84.1 Å². The minimum absolute atomic E-state index is 0.0725. The lowest BCUT2D eigenvalue weighted by molar-refractivity contribution is 0.191. The molecule has 7 heteroatoms. The summed E-state index contributed by atoms with van der Waals surface area (Å²) in [6.07, 6.45) is 1.93. The number of aliphatic hydroxyl groups is 1. The van der Waals surface area contributed by atoms with E-state index in [1.165, 1.54) is 0 Å². The molecule has 0 aliphatic carbocycles. The van der Waals surface area contributed by atoms with Crippen LogP contribution in [0.1, 0.15) is 18.4 Å². The van der Waals surface area contributed by atoms with Crippen LogP contribution in [-0.4, -0.2) is 32.9 Å². The number of nitrogens with one attached hydrogen (secondary N) is 1. The maximum Gasteiger partial charge on any atom is 0.244 e. The van der Waals surface area contributed by atoms with E-state index in [1.807, 2.05) is 12.1 Å². The van der Waals surface area contributed by atoms with Crippen molar-refractivity contribution in [2.45, 2.75) is 18.6 Å². The predicted molar refractivity (Wildman–Crippen MR) is 66.6 cm³/mol. The van der Waals surface area contributed by atoms with Crippen molar-refractivity contribution in [3.05, 3.63) is 28.7 Å². The van der Waals surface area contributed by atoms with Gasteiger partial charge >= 0.3 is 0 Å². The third-order valence-electron chi connectivity index (χ3n) is 2.80. The highest BCUT2D eigenvalue weighted by molar-refractivity contribution is 9.10. The Hall–Kier alpha value is -1.31. The van der Waals surface area contributed by atoms with E-state index in [2.05, 4.69) is 36.4 Å². The van der Waals surface area contributed by atoms with Gasteiger partial charge in [0, 0.05) is 17.2 Å². The molecule has 0 amide bonds. The molecular formula is C11H11BrN4O2. The summed E-state index contributed by atoms with van der Waals surface area (Å²) >= 11 is 3.32. The summed E-state index contributed by atoms with van der Waals surface area (Å²) in [4.78, 5) is 8.50. The Labute approximate surface area is 112 Å². The average Bonchev–Trinajstić information content (AvgIpc) is 2.98. The molecule has 1 saturated heterocycles. The Morgan fingerprint density at radius 1 is 1.44 bits per heavy atom. The van der Waals surface area contributed by atoms with Crippen molar-refractivity contribution in [1.82, 2.24) is 20.4 Å². The smallest absolute Gasteiger partial charge is 0.244 e. The Morgan fingerprint density at radius 2 is 2.33 bits per heavy atom. The first kappa shape index (κ1) is 11.8. The Morgan fingerprint density at radius 3 is 3.00 bits per heavy atom. The fourth-order valence-corrected chi connectivity index (χ4v) is 2.13. The molecule has 3 heterocycles. The number of rotatable bonds is 2. The molecule has 1 fully saturated rings. The van der Waals surface area contributed by atoms with E-state index in [4.69, 9.17) is 4.52 Å². The molecule has 3 rings (SSSR count). The molecule has 1 aliphatic heterocycles.